The van der Waals surface area contributed by atoms with Crippen molar-refractivity contribution in [3.05, 3.63) is 28.9 Å². The van der Waals surface area contributed by atoms with Crippen molar-refractivity contribution in [2.75, 3.05) is 13.1 Å². The van der Waals surface area contributed by atoms with Crippen molar-refractivity contribution >= 4 is 22.5 Å². The van der Waals surface area contributed by atoms with E-state index in [0.29, 0.717) is 11.1 Å². The fourth-order valence-corrected chi connectivity index (χ4v) is 2.39. The second-order valence-electron chi connectivity index (χ2n) is 4.00. The van der Waals surface area contributed by atoms with Crippen LogP contribution < -0.4 is 5.32 Å². The fourth-order valence-electron chi connectivity index (χ4n) is 2.19. The Morgan fingerprint density at radius 3 is 3.13 bits per heavy atom. The zero-order chi connectivity index (χ0) is 10.3. The first kappa shape index (κ1) is 9.19. The van der Waals surface area contributed by atoms with Crippen LogP contribution in [-0.2, 0) is 0 Å². The van der Waals surface area contributed by atoms with Gasteiger partial charge >= 0.3 is 0 Å². The van der Waals surface area contributed by atoms with Crippen molar-refractivity contribution in [2.24, 2.45) is 0 Å². The highest BCUT2D eigenvalue weighted by Gasteiger charge is 2.17. The van der Waals surface area contributed by atoms with E-state index >= 15 is 0 Å². The highest BCUT2D eigenvalue weighted by atomic mass is 35.5. The summed E-state index contributed by atoms with van der Waals surface area (Å²) in [4.78, 5) is 0. The smallest absolute Gasteiger partial charge is 0.132 e. The molecule has 3 rings (SSSR count). The number of halogens is 1. The van der Waals surface area contributed by atoms with Crippen molar-refractivity contribution in [1.29, 1.82) is 0 Å². The van der Waals surface area contributed by atoms with Gasteiger partial charge in [0.05, 0.1) is 5.52 Å². The molecule has 4 heteroatoms. The van der Waals surface area contributed by atoms with E-state index in [9.17, 15) is 0 Å². The van der Waals surface area contributed by atoms with Gasteiger partial charge in [0.15, 0.2) is 0 Å². The molecule has 0 amide bonds. The minimum Gasteiger partial charge on any atom is -0.316 e. The molecule has 0 aliphatic carbocycles. The van der Waals surface area contributed by atoms with Gasteiger partial charge in [-0.15, -0.1) is 0 Å². The number of hydrogen-bond donors (Lipinski definition) is 2. The molecule has 1 fully saturated rings. The third-order valence-corrected chi connectivity index (χ3v) is 3.35. The Balaban J connectivity index is 2.05. The van der Waals surface area contributed by atoms with E-state index in [2.05, 4.69) is 33.7 Å². The molecule has 15 heavy (non-hydrogen) atoms. The van der Waals surface area contributed by atoms with Gasteiger partial charge in [-0.05, 0) is 36.6 Å². The molecular weight excluding hydrogens is 210 g/mol. The molecule has 1 aliphatic heterocycles. The number of hydrogen-bond acceptors (Lipinski definition) is 2. The van der Waals surface area contributed by atoms with Gasteiger partial charge in [-0.25, -0.2) is 0 Å². The first-order valence-electron chi connectivity index (χ1n) is 5.19. The van der Waals surface area contributed by atoms with Crippen LogP contribution in [0.25, 0.3) is 10.9 Å². The quantitative estimate of drug-likeness (QED) is 0.776. The van der Waals surface area contributed by atoms with Crippen LogP contribution >= 0.6 is 11.6 Å². The molecule has 1 saturated heterocycles. The molecule has 1 unspecified atom stereocenters. The number of nitrogens with zero attached hydrogens (tertiary/aromatic N) is 1. The molecule has 2 heterocycles. The summed E-state index contributed by atoms with van der Waals surface area (Å²) in [7, 11) is 0. The van der Waals surface area contributed by atoms with Gasteiger partial charge in [-0.1, -0.05) is 17.7 Å². The molecule has 0 saturated carbocycles. The van der Waals surface area contributed by atoms with Crippen molar-refractivity contribution in [3.63, 3.8) is 0 Å². The van der Waals surface area contributed by atoms with Gasteiger partial charge in [0.1, 0.15) is 5.15 Å². The maximum absolute atomic E-state index is 5.95. The molecule has 3 nitrogen and oxygen atoms in total. The Hall–Kier alpha value is -1.06. The molecule has 78 valence electrons. The maximum atomic E-state index is 5.95. The number of benzene rings is 1. The Morgan fingerprint density at radius 2 is 2.33 bits per heavy atom. The first-order chi connectivity index (χ1) is 7.34. The highest BCUT2D eigenvalue weighted by Crippen LogP contribution is 2.27. The van der Waals surface area contributed by atoms with E-state index in [0.717, 1.165) is 24.0 Å². The molecule has 0 radical (unpaired) electrons. The summed E-state index contributed by atoms with van der Waals surface area (Å²) < 4.78 is 0. The van der Waals surface area contributed by atoms with Crippen LogP contribution in [0.5, 0.6) is 0 Å². The molecule has 1 aromatic heterocycles. The van der Waals surface area contributed by atoms with Crippen LogP contribution in [0.3, 0.4) is 0 Å². The summed E-state index contributed by atoms with van der Waals surface area (Å²) in [6.07, 6.45) is 1.21. The zero-order valence-corrected chi connectivity index (χ0v) is 9.01. The lowest BCUT2D eigenvalue weighted by Crippen LogP contribution is -2.07. The molecule has 1 aromatic carbocycles. The van der Waals surface area contributed by atoms with Crippen molar-refractivity contribution in [3.8, 4) is 0 Å². The van der Waals surface area contributed by atoms with Gasteiger partial charge in [0.25, 0.3) is 0 Å². The standard InChI is InChI=1S/C11H12ClN3/c12-11-9-2-1-7(5-10(9)14-15-11)8-3-4-13-6-8/h1-2,5,8,13H,3-4,6H2,(H,14,15). The minimum atomic E-state index is 0.626. The average molecular weight is 222 g/mol. The number of nitrogens with one attached hydrogen (secondary N) is 2. The number of rotatable bonds is 1. The Labute approximate surface area is 92.8 Å². The fraction of sp³-hybridized carbons (Fsp3) is 0.364. The van der Waals surface area contributed by atoms with Crippen LogP contribution in [0.1, 0.15) is 17.9 Å². The van der Waals surface area contributed by atoms with Crippen molar-refractivity contribution in [1.82, 2.24) is 15.5 Å². The number of aromatic amines is 1. The van der Waals surface area contributed by atoms with Gasteiger partial charge in [0, 0.05) is 11.9 Å². The second kappa shape index (κ2) is 3.51. The summed E-state index contributed by atoms with van der Waals surface area (Å²) >= 11 is 5.95. The summed E-state index contributed by atoms with van der Waals surface area (Å²) in [5.74, 6) is 0.630. The van der Waals surface area contributed by atoms with Crippen LogP contribution in [0.2, 0.25) is 5.15 Å². The van der Waals surface area contributed by atoms with E-state index in [1.54, 1.807) is 0 Å². The molecule has 2 N–H and O–H groups in total. The van der Waals surface area contributed by atoms with Crippen molar-refractivity contribution < 1.29 is 0 Å². The molecule has 1 atom stereocenters. The Morgan fingerprint density at radius 1 is 1.40 bits per heavy atom. The summed E-state index contributed by atoms with van der Waals surface area (Å²) in [5.41, 5.74) is 2.32. The second-order valence-corrected chi connectivity index (χ2v) is 4.38. The van der Waals surface area contributed by atoms with Gasteiger partial charge in [-0.2, -0.15) is 5.10 Å². The van der Waals surface area contributed by atoms with E-state index in [-0.39, 0.29) is 0 Å². The number of H-pyrrole nitrogens is 1. The van der Waals surface area contributed by atoms with Crippen LogP contribution in [0, 0.1) is 0 Å². The van der Waals surface area contributed by atoms with Crippen LogP contribution in [0.4, 0.5) is 0 Å². The predicted molar refractivity (Wildman–Crippen MR) is 61.3 cm³/mol. The lowest BCUT2D eigenvalue weighted by atomic mass is 9.98. The lowest BCUT2D eigenvalue weighted by molar-refractivity contribution is 0.764. The molecule has 0 bridgehead atoms. The monoisotopic (exact) mass is 221 g/mol. The number of aromatic nitrogens is 2. The van der Waals surface area contributed by atoms with Crippen LogP contribution in [-0.4, -0.2) is 23.3 Å². The summed E-state index contributed by atoms with van der Waals surface area (Å²) in [6, 6.07) is 6.34. The molecular formula is C11H12ClN3. The zero-order valence-electron chi connectivity index (χ0n) is 8.26. The van der Waals surface area contributed by atoms with E-state index in [1.807, 2.05) is 0 Å². The third kappa shape index (κ3) is 1.52. The Bertz CT molecular complexity index is 486. The normalized spacial score (nSPS) is 21.3. The lowest BCUT2D eigenvalue weighted by Gasteiger charge is -2.07. The summed E-state index contributed by atoms with van der Waals surface area (Å²) in [5, 5.41) is 12.0. The van der Waals surface area contributed by atoms with E-state index in [4.69, 9.17) is 11.6 Å². The van der Waals surface area contributed by atoms with Gasteiger partial charge < -0.3 is 5.32 Å². The maximum Gasteiger partial charge on any atom is 0.132 e. The van der Waals surface area contributed by atoms with E-state index in [1.165, 1.54) is 12.0 Å². The highest BCUT2D eigenvalue weighted by molar-refractivity contribution is 6.34. The largest absolute Gasteiger partial charge is 0.316 e. The third-order valence-electron chi connectivity index (χ3n) is 3.06. The molecule has 0 spiro atoms. The SMILES string of the molecule is Clc1[nH]nc2cc(C3CCNC3)ccc12. The molecule has 2 aromatic rings. The van der Waals surface area contributed by atoms with Gasteiger partial charge in [-0.3, -0.25) is 5.10 Å². The predicted octanol–water partition coefficient (Wildman–Crippen LogP) is 2.29. The first-order valence-corrected chi connectivity index (χ1v) is 5.56. The Kier molecular flexibility index (Phi) is 2.15. The minimum absolute atomic E-state index is 0.626. The average Bonchev–Trinajstić information content (AvgIpc) is 2.88. The topological polar surface area (TPSA) is 40.7 Å². The van der Waals surface area contributed by atoms with Crippen molar-refractivity contribution in [2.45, 2.75) is 12.3 Å². The number of fused-ring (bicyclic) bond motifs is 1. The summed E-state index contributed by atoms with van der Waals surface area (Å²) in [6.45, 7) is 2.19. The molecule has 1 aliphatic rings. The van der Waals surface area contributed by atoms with Gasteiger partial charge in [0.2, 0.25) is 0 Å². The van der Waals surface area contributed by atoms with E-state index < -0.39 is 0 Å². The van der Waals surface area contributed by atoms with Crippen LogP contribution in [0.15, 0.2) is 18.2 Å².